The summed E-state index contributed by atoms with van der Waals surface area (Å²) in [5.41, 5.74) is 2.59. The Hall–Kier alpha value is -0.940. The van der Waals surface area contributed by atoms with Crippen LogP contribution in [0.1, 0.15) is 50.7 Å². The van der Waals surface area contributed by atoms with Crippen LogP contribution < -0.4 is 10.6 Å². The molecule has 0 spiro atoms. The van der Waals surface area contributed by atoms with E-state index >= 15 is 0 Å². The summed E-state index contributed by atoms with van der Waals surface area (Å²) >= 11 is 0. The van der Waals surface area contributed by atoms with Gasteiger partial charge in [0.15, 0.2) is 5.96 Å². The third-order valence-corrected chi connectivity index (χ3v) is 6.46. The Kier molecular flexibility index (Phi) is 13.0. The van der Waals surface area contributed by atoms with Gasteiger partial charge in [0.1, 0.15) is 0 Å². The largest absolute Gasteiger partial charge is 0.393 e. The predicted molar refractivity (Wildman–Crippen MR) is 146 cm³/mol. The first kappa shape index (κ1) is 28.3. The maximum atomic E-state index is 9.66. The Morgan fingerprint density at radius 3 is 2.24 bits per heavy atom. The van der Waals surface area contributed by atoms with Crippen LogP contribution >= 0.6 is 24.0 Å². The van der Waals surface area contributed by atoms with Gasteiger partial charge in [0.05, 0.1) is 18.8 Å². The van der Waals surface area contributed by atoms with E-state index in [4.69, 9.17) is 4.74 Å². The van der Waals surface area contributed by atoms with Crippen LogP contribution in [0.5, 0.6) is 0 Å². The molecule has 0 aliphatic carbocycles. The second-order valence-corrected chi connectivity index (χ2v) is 9.43. The van der Waals surface area contributed by atoms with Crippen LogP contribution in [0.2, 0.25) is 0 Å². The number of rotatable bonds is 9. The number of aliphatic imine (C=N–C) groups is 1. The van der Waals surface area contributed by atoms with Gasteiger partial charge >= 0.3 is 0 Å². The summed E-state index contributed by atoms with van der Waals surface area (Å²) in [6.07, 6.45) is 4.23. The number of hydrogen-bond donors (Lipinski definition) is 3. The normalized spacial score (nSPS) is 19.5. The highest BCUT2D eigenvalue weighted by molar-refractivity contribution is 14.0. The monoisotopic (exact) mass is 573 g/mol. The van der Waals surface area contributed by atoms with Crippen LogP contribution in [-0.4, -0.2) is 85.5 Å². The van der Waals surface area contributed by atoms with Crippen LogP contribution in [0.15, 0.2) is 29.3 Å². The Morgan fingerprint density at radius 1 is 1.03 bits per heavy atom. The number of hydrogen-bond acceptors (Lipinski definition) is 5. The van der Waals surface area contributed by atoms with Crippen molar-refractivity contribution in [2.75, 3.05) is 46.4 Å². The number of piperidine rings is 2. The van der Waals surface area contributed by atoms with E-state index in [9.17, 15) is 5.11 Å². The highest BCUT2D eigenvalue weighted by atomic mass is 127. The lowest BCUT2D eigenvalue weighted by Gasteiger charge is -2.33. The fraction of sp³-hybridized carbons (Fsp3) is 0.720. The summed E-state index contributed by atoms with van der Waals surface area (Å²) in [4.78, 5) is 9.34. The van der Waals surface area contributed by atoms with Crippen molar-refractivity contribution in [3.8, 4) is 0 Å². The number of ether oxygens (including phenoxy) is 1. The molecule has 2 aliphatic heterocycles. The van der Waals surface area contributed by atoms with E-state index in [1.807, 2.05) is 7.05 Å². The molecule has 3 N–H and O–H groups in total. The summed E-state index contributed by atoms with van der Waals surface area (Å²) in [5.74, 6) is 0.877. The molecule has 8 heteroatoms. The fourth-order valence-corrected chi connectivity index (χ4v) is 4.39. The second kappa shape index (κ2) is 15.1. The van der Waals surface area contributed by atoms with E-state index in [0.717, 1.165) is 84.1 Å². The van der Waals surface area contributed by atoms with Crippen LogP contribution in [0.3, 0.4) is 0 Å². The molecule has 0 bridgehead atoms. The molecule has 1 aromatic carbocycles. The van der Waals surface area contributed by atoms with Gasteiger partial charge in [0.2, 0.25) is 0 Å². The molecule has 188 valence electrons. The highest BCUT2D eigenvalue weighted by Crippen LogP contribution is 2.14. The van der Waals surface area contributed by atoms with Crippen molar-refractivity contribution in [2.45, 2.75) is 70.9 Å². The molecule has 2 aliphatic rings. The zero-order valence-electron chi connectivity index (χ0n) is 20.6. The van der Waals surface area contributed by atoms with Crippen molar-refractivity contribution >= 4 is 29.9 Å². The quantitative estimate of drug-likeness (QED) is 0.240. The van der Waals surface area contributed by atoms with Gasteiger partial charge in [0.25, 0.3) is 0 Å². The van der Waals surface area contributed by atoms with Crippen LogP contribution in [0.25, 0.3) is 0 Å². The lowest BCUT2D eigenvalue weighted by Crippen LogP contribution is -2.49. The molecular weight excluding hydrogens is 529 g/mol. The third-order valence-electron chi connectivity index (χ3n) is 6.46. The first-order valence-corrected chi connectivity index (χ1v) is 12.3. The first-order valence-electron chi connectivity index (χ1n) is 12.3. The summed E-state index contributed by atoms with van der Waals surface area (Å²) < 4.78 is 5.68. The minimum absolute atomic E-state index is 0. The van der Waals surface area contributed by atoms with Gasteiger partial charge in [-0.05, 0) is 50.7 Å². The van der Waals surface area contributed by atoms with Crippen molar-refractivity contribution in [2.24, 2.45) is 4.99 Å². The third kappa shape index (κ3) is 10.5. The Bertz CT molecular complexity index is 685. The molecule has 0 saturated carbocycles. The molecule has 33 heavy (non-hydrogen) atoms. The van der Waals surface area contributed by atoms with Crippen molar-refractivity contribution in [3.63, 3.8) is 0 Å². The van der Waals surface area contributed by atoms with Crippen LogP contribution in [0.4, 0.5) is 0 Å². The van der Waals surface area contributed by atoms with Gasteiger partial charge in [-0.2, -0.15) is 0 Å². The second-order valence-electron chi connectivity index (χ2n) is 9.43. The summed E-state index contributed by atoms with van der Waals surface area (Å²) in [6, 6.07) is 9.31. The number of guanidine groups is 1. The van der Waals surface area contributed by atoms with Crippen molar-refractivity contribution in [1.29, 1.82) is 0 Å². The maximum Gasteiger partial charge on any atom is 0.191 e. The van der Waals surface area contributed by atoms with E-state index in [1.165, 1.54) is 11.1 Å². The fourth-order valence-electron chi connectivity index (χ4n) is 4.39. The van der Waals surface area contributed by atoms with Crippen molar-refractivity contribution in [3.05, 3.63) is 35.4 Å². The molecule has 0 radical (unpaired) electrons. The standard InChI is InChI=1S/C25H43N5O2.HI/c1-20(2)32-17-16-29-12-8-23(9-13-29)28-25(26-3)27-18-21-4-6-22(7-5-21)19-30-14-10-24(31)11-15-30;/h4-7,20,23-24,31H,8-19H2,1-3H3,(H2,26,27,28);1H. The minimum Gasteiger partial charge on any atom is -0.393 e. The zero-order valence-corrected chi connectivity index (χ0v) is 23.0. The van der Waals surface area contributed by atoms with E-state index in [0.29, 0.717) is 12.1 Å². The summed E-state index contributed by atoms with van der Waals surface area (Å²) in [5, 5.41) is 16.7. The summed E-state index contributed by atoms with van der Waals surface area (Å²) in [6.45, 7) is 11.9. The molecule has 3 rings (SSSR count). The average Bonchev–Trinajstić information content (AvgIpc) is 2.80. The number of halogens is 1. The molecule has 2 fully saturated rings. The van der Waals surface area contributed by atoms with Crippen molar-refractivity contribution in [1.82, 2.24) is 20.4 Å². The van der Waals surface area contributed by atoms with E-state index in [-0.39, 0.29) is 30.1 Å². The first-order chi connectivity index (χ1) is 15.5. The summed E-state index contributed by atoms with van der Waals surface area (Å²) in [7, 11) is 1.84. The lowest BCUT2D eigenvalue weighted by molar-refractivity contribution is 0.0532. The topological polar surface area (TPSA) is 72.4 Å². The van der Waals surface area contributed by atoms with Crippen LogP contribution in [0, 0.1) is 0 Å². The molecular formula is C25H44IN5O2. The number of likely N-dealkylation sites (tertiary alicyclic amines) is 2. The molecule has 7 nitrogen and oxygen atoms in total. The maximum absolute atomic E-state index is 9.66. The minimum atomic E-state index is -0.111. The number of aliphatic hydroxyl groups excluding tert-OH is 1. The lowest BCUT2D eigenvalue weighted by atomic mass is 10.1. The smallest absolute Gasteiger partial charge is 0.191 e. The van der Waals surface area contributed by atoms with Gasteiger partial charge in [-0.1, -0.05) is 24.3 Å². The van der Waals surface area contributed by atoms with Gasteiger partial charge in [-0.15, -0.1) is 24.0 Å². The SMILES string of the molecule is CN=C(NCc1ccc(CN2CCC(O)CC2)cc1)NC1CCN(CCOC(C)C)CC1.I. The average molecular weight is 574 g/mol. The van der Waals surface area contributed by atoms with E-state index < -0.39 is 0 Å². The number of aliphatic hydroxyl groups is 1. The number of nitrogens with one attached hydrogen (secondary N) is 2. The number of nitrogens with zero attached hydrogens (tertiary/aromatic N) is 3. The van der Waals surface area contributed by atoms with Gasteiger partial charge in [-0.3, -0.25) is 9.89 Å². The molecule has 2 saturated heterocycles. The molecule has 2 heterocycles. The zero-order chi connectivity index (χ0) is 22.8. The van der Waals surface area contributed by atoms with Gasteiger partial charge < -0.3 is 25.4 Å². The van der Waals surface area contributed by atoms with Gasteiger partial charge in [0, 0.05) is 58.9 Å². The predicted octanol–water partition coefficient (Wildman–Crippen LogP) is 2.82. The molecule has 0 unspecified atom stereocenters. The Labute approximate surface area is 217 Å². The molecule has 0 aromatic heterocycles. The number of benzene rings is 1. The van der Waals surface area contributed by atoms with Crippen LogP contribution in [-0.2, 0) is 17.8 Å². The Balaban J connectivity index is 0.00000385. The molecule has 0 atom stereocenters. The molecule has 0 amide bonds. The highest BCUT2D eigenvalue weighted by Gasteiger charge is 2.20. The van der Waals surface area contributed by atoms with E-state index in [2.05, 4.69) is 63.5 Å². The van der Waals surface area contributed by atoms with E-state index in [1.54, 1.807) is 0 Å². The molecule has 1 aromatic rings. The Morgan fingerprint density at radius 2 is 1.64 bits per heavy atom. The van der Waals surface area contributed by atoms with Gasteiger partial charge in [-0.25, -0.2) is 0 Å². The van der Waals surface area contributed by atoms with Crippen molar-refractivity contribution < 1.29 is 9.84 Å².